The molecule has 1 amide bonds. The number of fused-ring (bicyclic) bond motifs is 1. The lowest BCUT2D eigenvalue weighted by atomic mass is 10.0. The first-order valence-electron chi connectivity index (χ1n) is 7.52. The second kappa shape index (κ2) is 6.24. The molecule has 24 heavy (non-hydrogen) atoms. The molecule has 2 aliphatic rings. The molecule has 1 unspecified atom stereocenters. The maximum Gasteiger partial charge on any atom is 0.258 e. The molecule has 6 nitrogen and oxygen atoms in total. The summed E-state index contributed by atoms with van der Waals surface area (Å²) < 4.78 is 24.5. The molecule has 0 aromatic heterocycles. The van der Waals surface area contributed by atoms with Crippen molar-refractivity contribution in [2.75, 3.05) is 5.75 Å². The lowest BCUT2D eigenvalue weighted by molar-refractivity contribution is -0.130. The fourth-order valence-electron chi connectivity index (χ4n) is 2.78. The van der Waals surface area contributed by atoms with E-state index in [1.54, 1.807) is 20.0 Å². The van der Waals surface area contributed by atoms with Crippen molar-refractivity contribution in [3.63, 3.8) is 0 Å². The van der Waals surface area contributed by atoms with Gasteiger partial charge in [0, 0.05) is 6.20 Å². The third-order valence-corrected chi connectivity index (χ3v) is 5.79. The van der Waals surface area contributed by atoms with Gasteiger partial charge >= 0.3 is 0 Å². The number of benzene rings is 1. The minimum Gasteiger partial charge on any atom is -0.391 e. The first-order valence-corrected chi connectivity index (χ1v) is 9.23. The minimum atomic E-state index is -3.39. The third-order valence-electron chi connectivity index (χ3n) is 3.78. The highest BCUT2D eigenvalue weighted by Gasteiger charge is 2.51. The second-order valence-corrected chi connectivity index (χ2v) is 8.00. The molecule has 0 radical (unpaired) electrons. The van der Waals surface area contributed by atoms with Crippen molar-refractivity contribution in [2.45, 2.75) is 25.8 Å². The summed E-state index contributed by atoms with van der Waals surface area (Å²) in [5, 5.41) is 3.04. The Morgan fingerprint density at radius 1 is 1.38 bits per heavy atom. The Morgan fingerprint density at radius 3 is 2.79 bits per heavy atom. The van der Waals surface area contributed by atoms with E-state index in [1.165, 1.54) is 11.0 Å². The normalized spacial score (nSPS) is 24.2. The molecule has 1 saturated heterocycles. The largest absolute Gasteiger partial charge is 0.391 e. The molecule has 0 saturated carbocycles. The number of oxime groups is 1. The Morgan fingerprint density at radius 2 is 2.08 bits per heavy atom. The van der Waals surface area contributed by atoms with Gasteiger partial charge in [0.2, 0.25) is 0 Å². The van der Waals surface area contributed by atoms with E-state index in [9.17, 15) is 13.2 Å². The van der Waals surface area contributed by atoms with Gasteiger partial charge in [-0.3, -0.25) is 9.69 Å². The predicted molar refractivity (Wildman–Crippen MR) is 90.6 cm³/mol. The molecular weight excluding hydrogens is 328 g/mol. The fraction of sp³-hybridized carbons (Fsp3) is 0.294. The topological polar surface area (TPSA) is 76.0 Å². The Kier molecular flexibility index (Phi) is 4.28. The molecule has 2 aliphatic heterocycles. The van der Waals surface area contributed by atoms with Gasteiger partial charge in [-0.1, -0.05) is 35.5 Å². The Balaban J connectivity index is 1.72. The van der Waals surface area contributed by atoms with E-state index in [-0.39, 0.29) is 17.2 Å². The van der Waals surface area contributed by atoms with E-state index in [0.717, 1.165) is 5.56 Å². The van der Waals surface area contributed by atoms with Gasteiger partial charge in [0.1, 0.15) is 6.61 Å². The molecule has 7 heteroatoms. The summed E-state index contributed by atoms with van der Waals surface area (Å²) in [4.78, 5) is 18.6. The van der Waals surface area contributed by atoms with Crippen LogP contribution < -0.4 is 0 Å². The number of carbonyl (C=O) groups is 1. The SMILES string of the molecule is CC1=CN2C(=O)/C(=C/C(C)=N\OCc3ccccc3)C2S(=O)(=O)C1. The van der Waals surface area contributed by atoms with Crippen molar-refractivity contribution in [3.05, 3.63) is 59.3 Å². The standard InChI is InChI=1S/C17H18N2O4S/c1-12-9-19-16(20)15(17(19)24(21,22)11-12)8-13(2)18-23-10-14-6-4-3-5-7-14/h3-9,17H,10-11H2,1-2H3/b15-8-,18-13-. The van der Waals surface area contributed by atoms with Crippen molar-refractivity contribution in [1.82, 2.24) is 4.90 Å². The van der Waals surface area contributed by atoms with E-state index in [2.05, 4.69) is 5.16 Å². The van der Waals surface area contributed by atoms with E-state index in [1.807, 2.05) is 30.3 Å². The van der Waals surface area contributed by atoms with Crippen LogP contribution >= 0.6 is 0 Å². The second-order valence-electron chi connectivity index (χ2n) is 5.94. The zero-order valence-electron chi connectivity index (χ0n) is 13.5. The van der Waals surface area contributed by atoms with Gasteiger partial charge in [0.25, 0.3) is 5.91 Å². The van der Waals surface area contributed by atoms with Crippen LogP contribution in [0.15, 0.2) is 58.9 Å². The van der Waals surface area contributed by atoms with E-state index >= 15 is 0 Å². The molecule has 0 N–H and O–H groups in total. The first-order chi connectivity index (χ1) is 11.4. The number of amides is 1. The van der Waals surface area contributed by atoms with E-state index in [0.29, 0.717) is 17.9 Å². The lowest BCUT2D eigenvalue weighted by Gasteiger charge is -2.42. The Hall–Kier alpha value is -2.41. The number of sulfone groups is 1. The van der Waals surface area contributed by atoms with Crippen molar-refractivity contribution < 1.29 is 18.0 Å². The molecule has 1 aromatic carbocycles. The maximum atomic E-state index is 12.2. The molecule has 3 rings (SSSR count). The molecule has 0 bridgehead atoms. The van der Waals surface area contributed by atoms with Crippen LogP contribution in [0.2, 0.25) is 0 Å². The molecule has 0 spiro atoms. The van der Waals surface area contributed by atoms with Crippen LogP contribution in [0.5, 0.6) is 0 Å². The molecule has 1 fully saturated rings. The molecule has 0 aliphatic carbocycles. The first kappa shape index (κ1) is 16.4. The van der Waals surface area contributed by atoms with E-state index in [4.69, 9.17) is 4.84 Å². The minimum absolute atomic E-state index is 0.0283. The zero-order valence-corrected chi connectivity index (χ0v) is 14.3. The number of hydrogen-bond acceptors (Lipinski definition) is 5. The summed E-state index contributed by atoms with van der Waals surface area (Å²) in [6.07, 6.45) is 3.09. The molecule has 1 aromatic rings. The Bertz CT molecular complexity index is 854. The highest BCUT2D eigenvalue weighted by Crippen LogP contribution is 2.35. The average Bonchev–Trinajstić information content (AvgIpc) is 2.52. The third kappa shape index (κ3) is 3.12. The van der Waals surface area contributed by atoms with Crippen molar-refractivity contribution in [2.24, 2.45) is 5.16 Å². The summed E-state index contributed by atoms with van der Waals surface area (Å²) in [5.74, 6) is -0.334. The number of rotatable bonds is 4. The van der Waals surface area contributed by atoms with Gasteiger partial charge in [-0.15, -0.1) is 0 Å². The number of nitrogens with zero attached hydrogens (tertiary/aromatic N) is 2. The monoisotopic (exact) mass is 346 g/mol. The molecule has 2 heterocycles. The summed E-state index contributed by atoms with van der Waals surface area (Å²) >= 11 is 0. The zero-order chi connectivity index (χ0) is 17.3. The van der Waals surface area contributed by atoms with Crippen LogP contribution in [0.25, 0.3) is 0 Å². The van der Waals surface area contributed by atoms with Crippen LogP contribution in [0.1, 0.15) is 19.4 Å². The van der Waals surface area contributed by atoms with Gasteiger partial charge in [-0.05, 0) is 31.1 Å². The summed E-state index contributed by atoms with van der Waals surface area (Å²) in [5.41, 5.74) is 2.33. The van der Waals surface area contributed by atoms with Crippen LogP contribution in [0.3, 0.4) is 0 Å². The predicted octanol–water partition coefficient (Wildman–Crippen LogP) is 2.01. The van der Waals surface area contributed by atoms with Crippen LogP contribution in [0.4, 0.5) is 0 Å². The average molecular weight is 346 g/mol. The summed E-state index contributed by atoms with van der Waals surface area (Å²) in [7, 11) is -3.39. The highest BCUT2D eigenvalue weighted by molar-refractivity contribution is 7.92. The van der Waals surface area contributed by atoms with Gasteiger partial charge in [-0.25, -0.2) is 8.42 Å². The number of carbonyl (C=O) groups excluding carboxylic acids is 1. The van der Waals surface area contributed by atoms with Crippen molar-refractivity contribution >= 4 is 21.5 Å². The van der Waals surface area contributed by atoms with Crippen LogP contribution in [-0.4, -0.2) is 36.1 Å². The number of β-lactam (4-membered cyclic amide) rings is 1. The number of allylic oxidation sites excluding steroid dienone is 1. The summed E-state index contributed by atoms with van der Waals surface area (Å²) in [6, 6.07) is 9.56. The van der Waals surface area contributed by atoms with Gasteiger partial charge < -0.3 is 4.84 Å². The smallest absolute Gasteiger partial charge is 0.258 e. The van der Waals surface area contributed by atoms with Crippen molar-refractivity contribution in [1.29, 1.82) is 0 Å². The lowest BCUT2D eigenvalue weighted by Crippen LogP contribution is -2.58. The van der Waals surface area contributed by atoms with Crippen molar-refractivity contribution in [3.8, 4) is 0 Å². The maximum absolute atomic E-state index is 12.2. The molecule has 126 valence electrons. The van der Waals surface area contributed by atoms with Gasteiger partial charge in [-0.2, -0.15) is 0 Å². The highest BCUT2D eigenvalue weighted by atomic mass is 32.2. The molecule has 1 atom stereocenters. The van der Waals surface area contributed by atoms with Gasteiger partial charge in [0.15, 0.2) is 15.2 Å². The summed E-state index contributed by atoms with van der Waals surface area (Å²) in [6.45, 7) is 3.68. The number of hydrogen-bond donors (Lipinski definition) is 0. The van der Waals surface area contributed by atoms with Gasteiger partial charge in [0.05, 0.1) is 17.0 Å². The molecular formula is C17H18N2O4S. The van der Waals surface area contributed by atoms with E-state index < -0.39 is 15.2 Å². The fourth-order valence-corrected chi connectivity index (χ4v) is 4.70. The quantitative estimate of drug-likeness (QED) is 0.362. The Labute approximate surface area is 141 Å². The van der Waals surface area contributed by atoms with Crippen LogP contribution in [-0.2, 0) is 26.1 Å². The van der Waals surface area contributed by atoms with Crippen LogP contribution in [0, 0.1) is 0 Å².